The number of piperidine rings is 1. The molecule has 1 aliphatic rings. The quantitative estimate of drug-likeness (QED) is 0.626. The number of halogens is 1. The molecular weight excluding hydrogens is 439 g/mol. The van der Waals surface area contributed by atoms with Crippen molar-refractivity contribution in [1.82, 2.24) is 9.88 Å². The second-order valence-electron chi connectivity index (χ2n) is 9.48. The highest BCUT2D eigenvalue weighted by Crippen LogP contribution is 2.33. The molecule has 0 bridgehead atoms. The smallest absolute Gasteiger partial charge is 0.413 e. The first-order chi connectivity index (χ1) is 16.3. The molecule has 0 radical (unpaired) electrons. The molecule has 2 unspecified atom stereocenters. The molecule has 2 atom stereocenters. The maximum absolute atomic E-state index is 13.4. The number of hydrogen-bond acceptors (Lipinski definition) is 5. The van der Waals surface area contributed by atoms with E-state index >= 15 is 0 Å². The number of amides is 3. The van der Waals surface area contributed by atoms with Gasteiger partial charge in [-0.2, -0.15) is 0 Å². The van der Waals surface area contributed by atoms with Gasteiger partial charge in [0.25, 0.3) is 0 Å². The van der Waals surface area contributed by atoms with E-state index in [2.05, 4.69) is 15.6 Å². The van der Waals surface area contributed by atoms with Crippen LogP contribution in [0.4, 0.5) is 20.7 Å². The summed E-state index contributed by atoms with van der Waals surface area (Å²) in [5.41, 5.74) is 0.591. The number of nitrogens with one attached hydrogen (secondary N) is 2. The van der Waals surface area contributed by atoms with Gasteiger partial charge in [0.2, 0.25) is 0 Å². The number of aromatic nitrogens is 1. The third-order valence-electron chi connectivity index (χ3n) is 5.27. The minimum Gasteiger partial charge on any atom is -0.444 e. The molecule has 1 saturated heterocycles. The van der Waals surface area contributed by atoms with Gasteiger partial charge in [0.1, 0.15) is 17.2 Å². The molecule has 1 fully saturated rings. The minimum atomic E-state index is -1.48. The number of likely N-dealkylation sites (tertiary alicyclic amines) is 1. The van der Waals surface area contributed by atoms with Crippen LogP contribution >= 0.6 is 0 Å². The van der Waals surface area contributed by atoms with Crippen LogP contribution in [0.3, 0.4) is 0 Å². The van der Waals surface area contributed by atoms with Crippen LogP contribution in [0, 0.1) is 18.7 Å². The van der Waals surface area contributed by atoms with Gasteiger partial charge in [0.05, 0.1) is 19.3 Å². The number of hydrogen-bond donors (Lipinski definition) is 2. The van der Waals surface area contributed by atoms with Crippen LogP contribution in [-0.4, -0.2) is 39.9 Å². The molecule has 3 amide bonds. The number of pyridine rings is 1. The van der Waals surface area contributed by atoms with E-state index in [0.29, 0.717) is 24.0 Å². The second-order valence-corrected chi connectivity index (χ2v) is 9.48. The van der Waals surface area contributed by atoms with Gasteiger partial charge >= 0.3 is 17.9 Å². The third-order valence-corrected chi connectivity index (χ3v) is 5.27. The van der Waals surface area contributed by atoms with E-state index in [-0.39, 0.29) is 24.0 Å². The highest BCUT2D eigenvalue weighted by Gasteiger charge is 2.34. The number of ether oxygens (including phenoxy) is 1. The maximum Gasteiger partial charge on any atom is 0.413 e. The van der Waals surface area contributed by atoms with E-state index in [1.165, 1.54) is 35.4 Å². The molecule has 1 aliphatic heterocycles. The Kier molecular flexibility index (Phi) is 7.09. The first-order valence-corrected chi connectivity index (χ1v) is 11.1. The van der Waals surface area contributed by atoms with Crippen molar-refractivity contribution in [2.75, 3.05) is 17.2 Å². The number of rotatable bonds is 3. The topological polar surface area (TPSA) is 101 Å². The second kappa shape index (κ2) is 10.2. The van der Waals surface area contributed by atoms with Gasteiger partial charge in [-0.25, -0.2) is 14.2 Å². The Balaban J connectivity index is 1.75. The van der Waals surface area contributed by atoms with Gasteiger partial charge in [0, 0.05) is 6.54 Å². The summed E-state index contributed by atoms with van der Waals surface area (Å²) >= 11 is 0. The van der Waals surface area contributed by atoms with E-state index in [0.717, 1.165) is 0 Å². The third kappa shape index (κ3) is 6.52. The molecule has 34 heavy (non-hydrogen) atoms. The molecule has 1 aromatic carbocycles. The number of nitrogens with zero attached hydrogens (tertiary/aromatic N) is 2. The number of aryl methyl sites for hydroxylation is 1. The molecule has 3 rings (SSSR count). The van der Waals surface area contributed by atoms with Crippen LogP contribution in [-0.2, 0) is 14.3 Å². The lowest BCUT2D eigenvalue weighted by molar-refractivity contribution is -0.146. The average molecular weight is 472 g/mol. The van der Waals surface area contributed by atoms with Gasteiger partial charge in [-0.05, 0) is 75.8 Å². The van der Waals surface area contributed by atoms with E-state index in [1.807, 2.05) is 6.92 Å². The zero-order chi connectivity index (χ0) is 26.0. The Morgan fingerprint density at radius 1 is 1.18 bits per heavy atom. The Hall–Kier alpha value is -3.49. The van der Waals surface area contributed by atoms with Gasteiger partial charge in [0.15, 0.2) is 0 Å². The van der Waals surface area contributed by atoms with E-state index in [4.69, 9.17) is 6.11 Å². The van der Waals surface area contributed by atoms with E-state index in [9.17, 15) is 18.8 Å². The number of anilines is 2. The summed E-state index contributed by atoms with van der Waals surface area (Å²) in [6.45, 7) is 9.09. The van der Waals surface area contributed by atoms with Crippen molar-refractivity contribution in [2.24, 2.45) is 5.92 Å². The first kappa shape index (κ1) is 23.7. The summed E-state index contributed by atoms with van der Waals surface area (Å²) in [4.78, 5) is 43.4. The lowest BCUT2D eigenvalue weighted by Gasteiger charge is -2.38. The van der Waals surface area contributed by atoms with Crippen LogP contribution in [0.2, 0.25) is 0 Å². The maximum atomic E-state index is 13.4. The zero-order valence-electron chi connectivity index (χ0n) is 21.1. The summed E-state index contributed by atoms with van der Waals surface area (Å²) in [7, 11) is 0. The molecule has 9 heteroatoms. The van der Waals surface area contributed by atoms with Gasteiger partial charge in [-0.1, -0.05) is 19.1 Å². The Labute approximate surface area is 200 Å². The molecule has 0 aliphatic carbocycles. The molecule has 0 saturated carbocycles. The average Bonchev–Trinajstić information content (AvgIpc) is 2.76. The SMILES string of the molecule is [2H]C1(c2ccc(F)cc2)CCC(C)CN1C(=O)C(=O)Nc1cnc(NC(=O)OC(C)(C)C)c(C)c1. The van der Waals surface area contributed by atoms with Crippen molar-refractivity contribution in [3.05, 3.63) is 53.5 Å². The summed E-state index contributed by atoms with van der Waals surface area (Å²) in [5.74, 6) is -1.84. The molecular formula is C25H31FN4O4. The fraction of sp³-hybridized carbons (Fsp3) is 0.440. The van der Waals surface area contributed by atoms with E-state index < -0.39 is 35.3 Å². The van der Waals surface area contributed by atoms with Crippen LogP contribution < -0.4 is 10.6 Å². The number of benzene rings is 1. The predicted octanol–water partition coefficient (Wildman–Crippen LogP) is 4.81. The monoisotopic (exact) mass is 471 g/mol. The Morgan fingerprint density at radius 3 is 2.47 bits per heavy atom. The minimum absolute atomic E-state index is 0.104. The van der Waals surface area contributed by atoms with Crippen molar-refractivity contribution in [3.63, 3.8) is 0 Å². The molecule has 2 aromatic rings. The van der Waals surface area contributed by atoms with Gasteiger partial charge < -0.3 is 15.0 Å². The van der Waals surface area contributed by atoms with Crippen molar-refractivity contribution in [2.45, 2.75) is 59.1 Å². The van der Waals surface area contributed by atoms with Crippen LogP contribution in [0.15, 0.2) is 36.5 Å². The fourth-order valence-corrected chi connectivity index (χ4v) is 3.66. The predicted molar refractivity (Wildman–Crippen MR) is 127 cm³/mol. The van der Waals surface area contributed by atoms with Crippen molar-refractivity contribution >= 4 is 29.4 Å². The summed E-state index contributed by atoms with van der Waals surface area (Å²) in [6.07, 6.45) is 1.68. The van der Waals surface area contributed by atoms with Crippen molar-refractivity contribution in [1.29, 1.82) is 0 Å². The summed E-state index contributed by atoms with van der Waals surface area (Å²) in [6, 6.07) is 5.52. The normalized spacial score (nSPS) is 20.8. The zero-order valence-corrected chi connectivity index (χ0v) is 20.1. The van der Waals surface area contributed by atoms with Crippen LogP contribution in [0.25, 0.3) is 0 Å². The highest BCUT2D eigenvalue weighted by molar-refractivity contribution is 6.39. The largest absolute Gasteiger partial charge is 0.444 e. The van der Waals surface area contributed by atoms with Crippen molar-refractivity contribution in [3.8, 4) is 0 Å². The lowest BCUT2D eigenvalue weighted by atomic mass is 9.90. The standard InChI is InChI=1S/C25H31FN4O4/c1-15-6-11-20(17-7-9-18(26)10-8-17)30(14-15)23(32)22(31)28-19-12-16(2)21(27-13-19)29-24(33)34-25(3,4)5/h7-10,12-13,15,20H,6,11,14H2,1-5H3,(H,28,31)(H,27,29,33)/i20D. The molecule has 182 valence electrons. The van der Waals surface area contributed by atoms with Crippen LogP contribution in [0.5, 0.6) is 0 Å². The van der Waals surface area contributed by atoms with Gasteiger partial charge in [-0.3, -0.25) is 14.9 Å². The Morgan fingerprint density at radius 2 is 1.85 bits per heavy atom. The summed E-state index contributed by atoms with van der Waals surface area (Å²) < 4.78 is 27.7. The molecule has 1 aromatic heterocycles. The van der Waals surface area contributed by atoms with Crippen LogP contribution in [0.1, 0.15) is 59.1 Å². The fourth-order valence-electron chi connectivity index (χ4n) is 3.66. The number of carbonyl (C=O) groups excluding carboxylic acids is 3. The molecule has 8 nitrogen and oxygen atoms in total. The molecule has 2 heterocycles. The molecule has 2 N–H and O–H groups in total. The van der Waals surface area contributed by atoms with Crippen molar-refractivity contribution < 1.29 is 24.9 Å². The van der Waals surface area contributed by atoms with E-state index in [1.54, 1.807) is 33.8 Å². The first-order valence-electron chi connectivity index (χ1n) is 11.6. The molecule has 0 spiro atoms. The number of carbonyl (C=O) groups is 3. The Bertz CT molecular complexity index is 1120. The van der Waals surface area contributed by atoms with Gasteiger partial charge in [-0.15, -0.1) is 0 Å². The lowest BCUT2D eigenvalue weighted by Crippen LogP contribution is -2.46. The highest BCUT2D eigenvalue weighted by atomic mass is 19.1. The summed E-state index contributed by atoms with van der Waals surface area (Å²) in [5, 5.41) is 5.08.